The van der Waals surface area contributed by atoms with E-state index < -0.39 is 0 Å². The second kappa shape index (κ2) is 8.06. The van der Waals surface area contributed by atoms with Gasteiger partial charge < -0.3 is 10.5 Å². The largest absolute Gasteiger partial charge is 0.465 e. The van der Waals surface area contributed by atoms with Crippen LogP contribution in [0.25, 0.3) is 0 Å². The van der Waals surface area contributed by atoms with Gasteiger partial charge in [-0.1, -0.05) is 44.2 Å². The van der Waals surface area contributed by atoms with E-state index in [0.29, 0.717) is 17.2 Å². The van der Waals surface area contributed by atoms with Gasteiger partial charge in [0.25, 0.3) is 0 Å². The molecule has 0 atom stereocenters. The molecule has 0 bridgehead atoms. The summed E-state index contributed by atoms with van der Waals surface area (Å²) in [5.41, 5.74) is 9.43. The molecule has 0 amide bonds. The van der Waals surface area contributed by atoms with E-state index in [9.17, 15) is 4.79 Å². The van der Waals surface area contributed by atoms with Crippen molar-refractivity contribution in [2.24, 2.45) is 0 Å². The molecule has 0 aliphatic carbocycles. The molecule has 4 heteroatoms. The van der Waals surface area contributed by atoms with Gasteiger partial charge in [0.15, 0.2) is 0 Å². The molecule has 2 N–H and O–H groups in total. The van der Waals surface area contributed by atoms with Crippen molar-refractivity contribution in [2.75, 3.05) is 18.6 Å². The van der Waals surface area contributed by atoms with Crippen molar-refractivity contribution < 1.29 is 9.53 Å². The van der Waals surface area contributed by atoms with Crippen molar-refractivity contribution in [2.45, 2.75) is 31.1 Å². The number of hydrogen-bond acceptors (Lipinski definition) is 4. The van der Waals surface area contributed by atoms with Crippen molar-refractivity contribution in [3.8, 4) is 0 Å². The Labute approximate surface area is 142 Å². The Morgan fingerprint density at radius 3 is 2.52 bits per heavy atom. The minimum absolute atomic E-state index is 0.350. The van der Waals surface area contributed by atoms with E-state index in [4.69, 9.17) is 10.5 Å². The van der Waals surface area contributed by atoms with Crippen molar-refractivity contribution in [1.29, 1.82) is 0 Å². The Hall–Kier alpha value is -1.94. The van der Waals surface area contributed by atoms with Crippen LogP contribution in [0.5, 0.6) is 0 Å². The number of ether oxygens (including phenoxy) is 1. The van der Waals surface area contributed by atoms with E-state index in [-0.39, 0.29) is 5.97 Å². The molecule has 0 aromatic heterocycles. The molecule has 0 fully saturated rings. The van der Waals surface area contributed by atoms with Gasteiger partial charge in [-0.05, 0) is 35.6 Å². The number of carbonyl (C=O) groups is 1. The Morgan fingerprint density at radius 1 is 1.22 bits per heavy atom. The number of thioether (sulfide) groups is 1. The van der Waals surface area contributed by atoms with Crippen molar-refractivity contribution in [3.63, 3.8) is 0 Å². The summed E-state index contributed by atoms with van der Waals surface area (Å²) in [5, 5.41) is 0. The fourth-order valence-electron chi connectivity index (χ4n) is 2.40. The molecule has 0 saturated carbocycles. The van der Waals surface area contributed by atoms with Crippen LogP contribution < -0.4 is 5.73 Å². The van der Waals surface area contributed by atoms with E-state index in [2.05, 4.69) is 38.1 Å². The highest BCUT2D eigenvalue weighted by Crippen LogP contribution is 2.33. The van der Waals surface area contributed by atoms with Gasteiger partial charge in [0.2, 0.25) is 0 Å². The number of nitrogens with two attached hydrogens (primary N) is 1. The minimum atomic E-state index is -0.386. The minimum Gasteiger partial charge on any atom is -0.465 e. The molecular weight excluding hydrogens is 306 g/mol. The molecule has 2 rings (SSSR count). The summed E-state index contributed by atoms with van der Waals surface area (Å²) < 4.78 is 4.82. The molecule has 2 aromatic carbocycles. The van der Waals surface area contributed by atoms with E-state index in [1.54, 1.807) is 11.8 Å². The fourth-order valence-corrected chi connectivity index (χ4v) is 3.62. The molecule has 3 nitrogen and oxygen atoms in total. The summed E-state index contributed by atoms with van der Waals surface area (Å²) >= 11 is 1.76. The topological polar surface area (TPSA) is 52.3 Å². The number of esters is 1. The predicted octanol–water partition coefficient (Wildman–Crippen LogP) is 4.51. The maximum atomic E-state index is 11.9. The molecule has 0 spiro atoms. The molecule has 0 radical (unpaired) electrons. The van der Waals surface area contributed by atoms with Crippen LogP contribution >= 0.6 is 11.8 Å². The van der Waals surface area contributed by atoms with Crippen LogP contribution in [0.2, 0.25) is 0 Å². The zero-order chi connectivity index (χ0) is 16.8. The highest BCUT2D eigenvalue weighted by molar-refractivity contribution is 7.99. The first-order valence-electron chi connectivity index (χ1n) is 7.71. The standard InChI is InChI=1S/C19H23NO2S/c1-13(2)15-11-17(20)16(19(21)22-3)12-18(15)23-10-9-14-7-5-4-6-8-14/h4-8,11-13H,9-10,20H2,1-3H3. The number of benzene rings is 2. The number of anilines is 1. The quantitative estimate of drug-likeness (QED) is 0.481. The van der Waals surface area contributed by atoms with Crippen LogP contribution in [0.1, 0.15) is 41.3 Å². The number of aryl methyl sites for hydroxylation is 1. The van der Waals surface area contributed by atoms with E-state index in [1.807, 2.05) is 18.2 Å². The van der Waals surface area contributed by atoms with Gasteiger partial charge >= 0.3 is 5.97 Å². The summed E-state index contributed by atoms with van der Waals surface area (Å²) in [6.07, 6.45) is 0.987. The Bertz CT molecular complexity index is 669. The van der Waals surface area contributed by atoms with Crippen LogP contribution in [-0.2, 0) is 11.2 Å². The third-order valence-corrected chi connectivity index (χ3v) is 4.77. The fraction of sp³-hybridized carbons (Fsp3) is 0.316. The number of nitrogen functional groups attached to an aromatic ring is 1. The zero-order valence-corrected chi connectivity index (χ0v) is 14.7. The van der Waals surface area contributed by atoms with E-state index in [1.165, 1.54) is 18.2 Å². The van der Waals surface area contributed by atoms with Gasteiger partial charge in [0.1, 0.15) is 0 Å². The van der Waals surface area contributed by atoms with Gasteiger partial charge in [0, 0.05) is 16.3 Å². The Morgan fingerprint density at radius 2 is 1.91 bits per heavy atom. The summed E-state index contributed by atoms with van der Waals surface area (Å²) in [6.45, 7) is 4.27. The van der Waals surface area contributed by atoms with Crippen LogP contribution in [-0.4, -0.2) is 18.8 Å². The van der Waals surface area contributed by atoms with Crippen molar-refractivity contribution >= 4 is 23.4 Å². The lowest BCUT2D eigenvalue weighted by molar-refractivity contribution is 0.0601. The third kappa shape index (κ3) is 4.52. The lowest BCUT2D eigenvalue weighted by Crippen LogP contribution is -2.08. The molecular formula is C19H23NO2S. The molecule has 0 aliphatic heterocycles. The molecule has 0 unspecified atom stereocenters. The molecule has 0 aliphatic rings. The molecule has 23 heavy (non-hydrogen) atoms. The van der Waals surface area contributed by atoms with E-state index >= 15 is 0 Å². The molecule has 0 saturated heterocycles. The van der Waals surface area contributed by atoms with Gasteiger partial charge in [0.05, 0.1) is 12.7 Å². The summed E-state index contributed by atoms with van der Waals surface area (Å²) in [5.74, 6) is 0.916. The van der Waals surface area contributed by atoms with Crippen LogP contribution in [0, 0.1) is 0 Å². The van der Waals surface area contributed by atoms with Crippen molar-refractivity contribution in [3.05, 3.63) is 59.2 Å². The van der Waals surface area contributed by atoms with Crippen molar-refractivity contribution in [1.82, 2.24) is 0 Å². The van der Waals surface area contributed by atoms with Gasteiger partial charge in [-0.3, -0.25) is 0 Å². The lowest BCUT2D eigenvalue weighted by Gasteiger charge is -2.16. The first kappa shape index (κ1) is 17.4. The zero-order valence-electron chi connectivity index (χ0n) is 13.8. The molecule has 2 aromatic rings. The van der Waals surface area contributed by atoms with Gasteiger partial charge in [-0.15, -0.1) is 11.8 Å². The molecule has 122 valence electrons. The average molecular weight is 329 g/mol. The summed E-state index contributed by atoms with van der Waals surface area (Å²) in [7, 11) is 1.38. The summed E-state index contributed by atoms with van der Waals surface area (Å²) in [4.78, 5) is 13.0. The number of hydrogen-bond donors (Lipinski definition) is 1. The first-order valence-corrected chi connectivity index (χ1v) is 8.70. The lowest BCUT2D eigenvalue weighted by atomic mass is 10.00. The Kier molecular flexibility index (Phi) is 6.11. The highest BCUT2D eigenvalue weighted by Gasteiger charge is 2.16. The van der Waals surface area contributed by atoms with Crippen LogP contribution in [0.15, 0.2) is 47.4 Å². The second-order valence-corrected chi connectivity index (χ2v) is 6.84. The average Bonchev–Trinajstić information content (AvgIpc) is 2.56. The maximum absolute atomic E-state index is 11.9. The van der Waals surface area contributed by atoms with E-state index in [0.717, 1.165) is 17.1 Å². The van der Waals surface area contributed by atoms with Gasteiger partial charge in [-0.25, -0.2) is 4.79 Å². The predicted molar refractivity (Wildman–Crippen MR) is 97.2 cm³/mol. The van der Waals surface area contributed by atoms with Crippen LogP contribution in [0.4, 0.5) is 5.69 Å². The maximum Gasteiger partial charge on any atom is 0.339 e. The monoisotopic (exact) mass is 329 g/mol. The smallest absolute Gasteiger partial charge is 0.339 e. The summed E-state index contributed by atoms with van der Waals surface area (Å²) in [6, 6.07) is 14.2. The third-order valence-electron chi connectivity index (χ3n) is 3.70. The Balaban J connectivity index is 2.19. The number of methoxy groups -OCH3 is 1. The molecule has 0 heterocycles. The SMILES string of the molecule is COC(=O)c1cc(SCCc2ccccc2)c(C(C)C)cc1N. The normalized spacial score (nSPS) is 10.8. The highest BCUT2D eigenvalue weighted by atomic mass is 32.2. The van der Waals surface area contributed by atoms with Gasteiger partial charge in [-0.2, -0.15) is 0 Å². The second-order valence-electron chi connectivity index (χ2n) is 5.71. The number of carbonyl (C=O) groups excluding carboxylic acids is 1. The first-order chi connectivity index (χ1) is 11.0. The van der Waals surface area contributed by atoms with Crippen LogP contribution in [0.3, 0.4) is 0 Å². The number of rotatable bonds is 6.